The van der Waals surface area contributed by atoms with Gasteiger partial charge in [0.2, 0.25) is 0 Å². The summed E-state index contributed by atoms with van der Waals surface area (Å²) in [6, 6.07) is 0. The number of hydrogen-bond acceptors (Lipinski definition) is 0. The van der Waals surface area contributed by atoms with E-state index in [1.165, 1.54) is 0 Å². The van der Waals surface area contributed by atoms with Crippen molar-refractivity contribution in [2.24, 2.45) is 0 Å². The lowest BCUT2D eigenvalue weighted by Crippen LogP contribution is -2.25. The molecule has 0 aromatic heterocycles. The highest BCUT2D eigenvalue weighted by atomic mass is 79.9. The lowest BCUT2D eigenvalue weighted by molar-refractivity contribution is 0.912. The van der Waals surface area contributed by atoms with Crippen LogP contribution in [0.3, 0.4) is 0 Å². The number of rotatable bonds is 4. The summed E-state index contributed by atoms with van der Waals surface area (Å²) in [5, 5.41) is 0.910. The molecule has 0 spiro atoms. The van der Waals surface area contributed by atoms with Gasteiger partial charge in [0.25, 0.3) is 0 Å². The monoisotopic (exact) mass is 552 g/mol. The molecule has 6 heteroatoms. The van der Waals surface area contributed by atoms with E-state index in [0.717, 1.165) is 9.81 Å². The van der Waals surface area contributed by atoms with E-state index in [-0.39, 0.29) is 4.83 Å². The molecule has 0 saturated carbocycles. The average Bonchev–Trinajstić information content (AvgIpc) is 2.12. The second-order valence-corrected chi connectivity index (χ2v) is 7.25. The van der Waals surface area contributed by atoms with E-state index in [2.05, 4.69) is 95.6 Å². The molecule has 0 nitrogen and oxygen atoms in total. The summed E-state index contributed by atoms with van der Waals surface area (Å²) in [4.78, 5) is 2.84. The minimum atomic E-state index is 0.263. The van der Waals surface area contributed by atoms with Crippen LogP contribution in [-0.2, 0) is 0 Å². The Bertz CT molecular complexity index is 156. The van der Waals surface area contributed by atoms with Crippen LogP contribution < -0.4 is 0 Å². The molecule has 0 heterocycles. The van der Waals surface area contributed by atoms with Crippen LogP contribution >= 0.6 is 95.6 Å². The van der Waals surface area contributed by atoms with E-state index >= 15 is 0 Å². The van der Waals surface area contributed by atoms with Gasteiger partial charge in [-0.05, 0) is 4.99 Å². The van der Waals surface area contributed by atoms with Crippen molar-refractivity contribution in [3.05, 3.63) is 9.47 Å². The molecule has 3 atom stereocenters. The SMILES string of the molecule is Br/C=C(\Br)C(Br)C(Br)C(Br)CBr. The molecule has 0 aliphatic carbocycles. The fourth-order valence-electron chi connectivity index (χ4n) is 0.481. The zero-order valence-corrected chi connectivity index (χ0v) is 15.3. The minimum absolute atomic E-state index is 0.263. The van der Waals surface area contributed by atoms with Gasteiger partial charge in [-0.25, -0.2) is 0 Å². The van der Waals surface area contributed by atoms with Gasteiger partial charge in [-0.2, -0.15) is 0 Å². The summed E-state index contributed by atoms with van der Waals surface area (Å²) in [6.07, 6.45) is 0. The molecule has 72 valence electrons. The van der Waals surface area contributed by atoms with E-state index < -0.39 is 0 Å². The maximum atomic E-state index is 3.59. The average molecular weight is 558 g/mol. The molecule has 0 radical (unpaired) electrons. The molecule has 0 fully saturated rings. The molecule has 0 aliphatic rings. The van der Waals surface area contributed by atoms with E-state index in [1.54, 1.807) is 0 Å². The maximum absolute atomic E-state index is 3.59. The van der Waals surface area contributed by atoms with Crippen LogP contribution in [0.5, 0.6) is 0 Å². The van der Waals surface area contributed by atoms with Gasteiger partial charge >= 0.3 is 0 Å². The standard InChI is InChI=1S/C6H6Br6/c7-1-3(9)5(11)6(12)4(10)2-8/h1,4-6H,2H2/b3-1-. The molecular formula is C6H6Br6. The summed E-state index contributed by atoms with van der Waals surface area (Å²) >= 11 is 20.8. The van der Waals surface area contributed by atoms with Gasteiger partial charge in [0.05, 0.1) is 4.83 Å². The fraction of sp³-hybridized carbons (Fsp3) is 0.667. The maximum Gasteiger partial charge on any atom is 0.0602 e. The van der Waals surface area contributed by atoms with Crippen molar-refractivity contribution in [3.63, 3.8) is 0 Å². The highest BCUT2D eigenvalue weighted by molar-refractivity contribution is 9.16. The molecule has 0 aromatic carbocycles. The first-order valence-corrected chi connectivity index (χ1v) is 8.56. The predicted molar refractivity (Wildman–Crippen MR) is 77.9 cm³/mol. The molecular weight excluding hydrogens is 551 g/mol. The molecule has 3 unspecified atom stereocenters. The lowest BCUT2D eigenvalue weighted by atomic mass is 10.2. The van der Waals surface area contributed by atoms with Crippen LogP contribution in [0.25, 0.3) is 0 Å². The quantitative estimate of drug-likeness (QED) is 0.412. The topological polar surface area (TPSA) is 0 Å². The second-order valence-electron chi connectivity index (χ2n) is 2.01. The van der Waals surface area contributed by atoms with Gasteiger partial charge in [-0.1, -0.05) is 95.6 Å². The molecule has 0 aliphatic heterocycles. The first-order valence-electron chi connectivity index (χ1n) is 2.98. The van der Waals surface area contributed by atoms with Crippen molar-refractivity contribution in [2.75, 3.05) is 5.33 Å². The second kappa shape index (κ2) is 7.85. The Labute approximate surface area is 123 Å². The van der Waals surface area contributed by atoms with Crippen molar-refractivity contribution in [1.82, 2.24) is 0 Å². The van der Waals surface area contributed by atoms with Crippen LogP contribution in [0.4, 0.5) is 0 Å². The smallest absolute Gasteiger partial charge is 0.0602 e. The molecule has 0 amide bonds. The number of hydrogen-bond donors (Lipinski definition) is 0. The van der Waals surface area contributed by atoms with Crippen LogP contribution in [-0.4, -0.2) is 19.8 Å². The summed E-state index contributed by atoms with van der Waals surface area (Å²) in [6.45, 7) is 0. The zero-order chi connectivity index (χ0) is 9.72. The van der Waals surface area contributed by atoms with Crippen molar-refractivity contribution in [1.29, 1.82) is 0 Å². The normalized spacial score (nSPS) is 20.3. The Morgan fingerprint density at radius 3 is 2.08 bits per heavy atom. The van der Waals surface area contributed by atoms with Gasteiger partial charge in [0.1, 0.15) is 0 Å². The van der Waals surface area contributed by atoms with Crippen molar-refractivity contribution >= 4 is 95.6 Å². The Morgan fingerprint density at radius 2 is 1.75 bits per heavy atom. The molecule has 12 heavy (non-hydrogen) atoms. The third-order valence-electron chi connectivity index (χ3n) is 1.14. The highest BCUT2D eigenvalue weighted by Gasteiger charge is 2.24. The Kier molecular flexibility index (Phi) is 9.57. The fourth-order valence-corrected chi connectivity index (χ4v) is 4.35. The van der Waals surface area contributed by atoms with Gasteiger partial charge < -0.3 is 0 Å². The zero-order valence-electron chi connectivity index (χ0n) is 5.78. The molecule has 0 rings (SSSR count). The lowest BCUT2D eigenvalue weighted by Gasteiger charge is -2.19. The van der Waals surface area contributed by atoms with Crippen LogP contribution in [0.2, 0.25) is 0 Å². The summed E-state index contributed by atoms with van der Waals surface area (Å²) in [7, 11) is 0. The van der Waals surface area contributed by atoms with Gasteiger partial charge in [-0.15, -0.1) is 0 Å². The third-order valence-corrected chi connectivity index (χ3v) is 9.69. The van der Waals surface area contributed by atoms with Gasteiger partial charge in [-0.3, -0.25) is 0 Å². The largest absolute Gasteiger partial charge is 0.0916 e. The summed E-state index contributed by atoms with van der Waals surface area (Å²) in [5.41, 5.74) is 0. The van der Waals surface area contributed by atoms with E-state index in [1.807, 2.05) is 4.99 Å². The minimum Gasteiger partial charge on any atom is -0.0916 e. The van der Waals surface area contributed by atoms with Crippen LogP contribution in [0.1, 0.15) is 0 Å². The van der Waals surface area contributed by atoms with Crippen molar-refractivity contribution < 1.29 is 0 Å². The molecule has 0 bridgehead atoms. The van der Waals surface area contributed by atoms with Crippen LogP contribution in [0, 0.1) is 0 Å². The Morgan fingerprint density at radius 1 is 1.25 bits per heavy atom. The molecule has 0 N–H and O–H groups in total. The summed E-state index contributed by atoms with van der Waals surface area (Å²) in [5.74, 6) is 0. The molecule has 0 aromatic rings. The number of alkyl halides is 4. The Balaban J connectivity index is 4.18. The first-order chi connectivity index (χ1) is 5.54. The van der Waals surface area contributed by atoms with Gasteiger partial charge in [0, 0.05) is 19.5 Å². The third kappa shape index (κ3) is 4.91. The van der Waals surface area contributed by atoms with Crippen molar-refractivity contribution in [3.8, 4) is 0 Å². The summed E-state index contributed by atoms with van der Waals surface area (Å²) < 4.78 is 1.08. The van der Waals surface area contributed by atoms with E-state index in [4.69, 9.17) is 0 Å². The van der Waals surface area contributed by atoms with Gasteiger partial charge in [0.15, 0.2) is 0 Å². The molecule has 0 saturated heterocycles. The number of allylic oxidation sites excluding steroid dienone is 1. The highest BCUT2D eigenvalue weighted by Crippen LogP contribution is 2.32. The van der Waals surface area contributed by atoms with E-state index in [9.17, 15) is 0 Å². The predicted octanol–water partition coefficient (Wildman–Crippen LogP) is 5.30. The Hall–Kier alpha value is 2.62. The number of halogens is 6. The van der Waals surface area contributed by atoms with Crippen LogP contribution in [0.15, 0.2) is 9.47 Å². The van der Waals surface area contributed by atoms with Crippen molar-refractivity contribution in [2.45, 2.75) is 14.5 Å². The first kappa shape index (κ1) is 14.6. The van der Waals surface area contributed by atoms with E-state index in [0.29, 0.717) is 9.65 Å².